The van der Waals surface area contributed by atoms with Crippen molar-refractivity contribution < 1.29 is 0 Å². The molecular weight excluding hydrogens is 484 g/mol. The molecule has 2 heteroatoms. The Morgan fingerprint density at radius 3 is 1.20 bits per heavy atom. The normalized spacial score (nSPS) is 12.7. The van der Waals surface area contributed by atoms with Crippen LogP contribution in [0.3, 0.4) is 0 Å². The fourth-order valence-electron chi connectivity index (χ4n) is 5.79. The maximum atomic E-state index is 2.44. The van der Waals surface area contributed by atoms with Crippen LogP contribution in [-0.4, -0.2) is 0 Å². The van der Waals surface area contributed by atoms with E-state index < -0.39 is 0 Å². The smallest absolute Gasteiger partial charge is 0.0493 e. The first-order valence-electron chi connectivity index (χ1n) is 13.9. The molecule has 4 bridgehead atoms. The summed E-state index contributed by atoms with van der Waals surface area (Å²) >= 11 is 0. The van der Waals surface area contributed by atoms with Crippen LogP contribution in [0, 0.1) is 0 Å². The molecule has 2 nitrogen and oxygen atoms in total. The lowest BCUT2D eigenvalue weighted by Gasteiger charge is -2.30. The lowest BCUT2D eigenvalue weighted by molar-refractivity contribution is 0.969. The number of benzene rings is 6. The third-order valence-corrected chi connectivity index (χ3v) is 7.68. The topological polar surface area (TPSA) is 6.48 Å². The van der Waals surface area contributed by atoms with Crippen molar-refractivity contribution in [1.82, 2.24) is 0 Å². The second-order valence-electron chi connectivity index (χ2n) is 10.3. The molecule has 0 saturated carbocycles. The fraction of sp³-hybridized carbons (Fsp3) is 0.0526. The molecule has 0 amide bonds. The van der Waals surface area contributed by atoms with Crippen LogP contribution in [0.25, 0.3) is 22.3 Å². The van der Waals surface area contributed by atoms with Crippen LogP contribution in [0.5, 0.6) is 0 Å². The Hall–Kier alpha value is -5.08. The Balaban J connectivity index is 1.48. The van der Waals surface area contributed by atoms with Gasteiger partial charge in [-0.2, -0.15) is 0 Å². The molecule has 0 radical (unpaired) electrons. The molecule has 6 aromatic carbocycles. The Morgan fingerprint density at radius 2 is 0.750 bits per heavy atom. The highest BCUT2D eigenvalue weighted by Crippen LogP contribution is 2.40. The summed E-state index contributed by atoms with van der Waals surface area (Å²) in [6.07, 6.45) is 0. The molecule has 1 heterocycles. The predicted octanol–water partition coefficient (Wildman–Crippen LogP) is 10.0. The molecule has 0 aromatic heterocycles. The van der Waals surface area contributed by atoms with E-state index in [1.165, 1.54) is 56.1 Å². The van der Waals surface area contributed by atoms with Gasteiger partial charge in [0, 0.05) is 47.0 Å². The molecule has 1 aliphatic heterocycles. The quantitative estimate of drug-likeness (QED) is 0.227. The summed E-state index contributed by atoms with van der Waals surface area (Å²) < 4.78 is 0. The molecule has 192 valence electrons. The lowest BCUT2D eigenvalue weighted by atomic mass is 9.97. The van der Waals surface area contributed by atoms with Crippen molar-refractivity contribution in [3.8, 4) is 22.3 Å². The van der Waals surface area contributed by atoms with Crippen LogP contribution < -0.4 is 9.80 Å². The van der Waals surface area contributed by atoms with Gasteiger partial charge in [0.2, 0.25) is 0 Å². The van der Waals surface area contributed by atoms with Gasteiger partial charge >= 0.3 is 0 Å². The maximum absolute atomic E-state index is 2.44. The summed E-state index contributed by atoms with van der Waals surface area (Å²) in [7, 11) is 0. The van der Waals surface area contributed by atoms with E-state index in [-0.39, 0.29) is 0 Å². The zero-order chi connectivity index (χ0) is 26.7. The number of nitrogens with zero attached hydrogens (tertiary/aromatic N) is 2. The van der Waals surface area contributed by atoms with Gasteiger partial charge < -0.3 is 9.80 Å². The molecule has 0 fully saturated rings. The zero-order valence-electron chi connectivity index (χ0n) is 22.3. The van der Waals surface area contributed by atoms with E-state index in [1.807, 2.05) is 0 Å². The van der Waals surface area contributed by atoms with Crippen LogP contribution in [0.15, 0.2) is 158 Å². The summed E-state index contributed by atoms with van der Waals surface area (Å²) in [6, 6.07) is 57.1. The largest absolute Gasteiger partial charge is 0.336 e. The first-order chi connectivity index (χ1) is 19.8. The molecule has 6 aromatic rings. The minimum atomic E-state index is 0.763. The van der Waals surface area contributed by atoms with Gasteiger partial charge in [0.15, 0.2) is 0 Å². The van der Waals surface area contributed by atoms with Gasteiger partial charge in [-0.3, -0.25) is 0 Å². The first-order valence-corrected chi connectivity index (χ1v) is 13.9. The number of hydrogen-bond donors (Lipinski definition) is 0. The van der Waals surface area contributed by atoms with E-state index in [0.717, 1.165) is 13.1 Å². The zero-order valence-corrected chi connectivity index (χ0v) is 22.3. The Labute approximate surface area is 236 Å². The van der Waals surface area contributed by atoms with E-state index in [0.29, 0.717) is 0 Å². The van der Waals surface area contributed by atoms with Crippen molar-refractivity contribution in [2.45, 2.75) is 13.1 Å². The average Bonchev–Trinajstić information content (AvgIpc) is 3.03. The Kier molecular flexibility index (Phi) is 6.35. The van der Waals surface area contributed by atoms with Crippen molar-refractivity contribution in [2.75, 3.05) is 9.80 Å². The molecule has 0 unspecified atom stereocenters. The second kappa shape index (κ2) is 10.6. The number of anilines is 4. The summed E-state index contributed by atoms with van der Waals surface area (Å²) in [5.41, 5.74) is 12.2. The predicted molar refractivity (Wildman–Crippen MR) is 168 cm³/mol. The van der Waals surface area contributed by atoms with Gasteiger partial charge in [-0.25, -0.2) is 0 Å². The molecule has 0 spiro atoms. The summed E-state index contributed by atoms with van der Waals surface area (Å²) in [5.74, 6) is 0. The highest BCUT2D eigenvalue weighted by molar-refractivity contribution is 5.85. The van der Waals surface area contributed by atoms with Crippen molar-refractivity contribution >= 4 is 22.7 Å². The minimum absolute atomic E-state index is 0.763. The van der Waals surface area contributed by atoms with Gasteiger partial charge in [0.25, 0.3) is 0 Å². The van der Waals surface area contributed by atoms with Crippen LogP contribution in [0.1, 0.15) is 11.1 Å². The van der Waals surface area contributed by atoms with Crippen molar-refractivity contribution in [3.63, 3.8) is 0 Å². The maximum Gasteiger partial charge on any atom is 0.0493 e. The van der Waals surface area contributed by atoms with Crippen LogP contribution >= 0.6 is 0 Å². The molecule has 40 heavy (non-hydrogen) atoms. The van der Waals surface area contributed by atoms with E-state index in [9.17, 15) is 0 Å². The third-order valence-electron chi connectivity index (χ3n) is 7.68. The molecule has 0 saturated heterocycles. The Bertz CT molecular complexity index is 1630. The molecule has 1 aliphatic rings. The molecule has 7 rings (SSSR count). The molecular formula is C38H30N2. The van der Waals surface area contributed by atoms with E-state index in [2.05, 4.69) is 168 Å². The molecule has 0 aliphatic carbocycles. The summed E-state index contributed by atoms with van der Waals surface area (Å²) in [5, 5.41) is 0. The van der Waals surface area contributed by atoms with Gasteiger partial charge in [0.1, 0.15) is 0 Å². The summed E-state index contributed by atoms with van der Waals surface area (Å²) in [6.45, 7) is 1.53. The standard InChI is InChI=1S/C38H30N2/c1-3-17-33(18-4-1)39-27-29-13-11-16-32(25-29)36-22-8-10-24-38(36)40(34-19-5-2-6-20-34)28-30-14-12-15-31(26-30)35-21-7-9-23-37(35)39/h1-26H,27-28H2. The fourth-order valence-corrected chi connectivity index (χ4v) is 5.79. The van der Waals surface area contributed by atoms with Crippen LogP contribution in [-0.2, 0) is 13.1 Å². The number of para-hydroxylation sites is 4. The van der Waals surface area contributed by atoms with Gasteiger partial charge in [-0.1, -0.05) is 109 Å². The minimum Gasteiger partial charge on any atom is -0.336 e. The van der Waals surface area contributed by atoms with Crippen LogP contribution in [0.4, 0.5) is 22.7 Å². The molecule has 0 N–H and O–H groups in total. The average molecular weight is 515 g/mol. The van der Waals surface area contributed by atoms with Crippen molar-refractivity contribution in [1.29, 1.82) is 0 Å². The van der Waals surface area contributed by atoms with Crippen molar-refractivity contribution in [2.24, 2.45) is 0 Å². The van der Waals surface area contributed by atoms with E-state index in [1.54, 1.807) is 0 Å². The van der Waals surface area contributed by atoms with Crippen molar-refractivity contribution in [3.05, 3.63) is 169 Å². The molecule has 0 atom stereocenters. The summed E-state index contributed by atoms with van der Waals surface area (Å²) in [4.78, 5) is 4.88. The Morgan fingerprint density at radius 1 is 0.350 bits per heavy atom. The highest BCUT2D eigenvalue weighted by atomic mass is 15.1. The van der Waals surface area contributed by atoms with E-state index in [4.69, 9.17) is 0 Å². The first kappa shape index (κ1) is 24.0. The lowest BCUT2D eigenvalue weighted by Crippen LogP contribution is -2.19. The van der Waals surface area contributed by atoms with Gasteiger partial charge in [-0.15, -0.1) is 0 Å². The monoisotopic (exact) mass is 514 g/mol. The highest BCUT2D eigenvalue weighted by Gasteiger charge is 2.19. The second-order valence-corrected chi connectivity index (χ2v) is 10.3. The SMILES string of the molecule is c1ccc(N2Cc3cccc(c3)-c3ccccc3N(c3ccccc3)Cc3cccc(c3)-c3ccccc32)cc1. The van der Waals surface area contributed by atoms with Gasteiger partial charge in [-0.05, 0) is 70.8 Å². The number of fused-ring (bicyclic) bond motifs is 8. The van der Waals surface area contributed by atoms with Gasteiger partial charge in [0.05, 0.1) is 0 Å². The number of hydrogen-bond acceptors (Lipinski definition) is 2. The van der Waals surface area contributed by atoms with E-state index >= 15 is 0 Å². The van der Waals surface area contributed by atoms with Crippen LogP contribution in [0.2, 0.25) is 0 Å². The third kappa shape index (κ3) is 4.65. The number of rotatable bonds is 2.